The van der Waals surface area contributed by atoms with E-state index in [0.717, 1.165) is 4.90 Å². The number of amides is 2. The zero-order valence-corrected chi connectivity index (χ0v) is 16.7. The number of rotatable bonds is 5. The topological polar surface area (TPSA) is 98.3 Å². The Morgan fingerprint density at radius 2 is 1.83 bits per heavy atom. The Hall–Kier alpha value is -3.45. The molecule has 0 atom stereocenters. The molecule has 0 aliphatic heterocycles. The van der Waals surface area contributed by atoms with Crippen molar-refractivity contribution in [3.05, 3.63) is 75.5 Å². The van der Waals surface area contributed by atoms with Gasteiger partial charge in [0.2, 0.25) is 0 Å². The molecular weight excluding hydrogens is 392 g/mol. The Balaban J connectivity index is 2.44. The Kier molecular flexibility index (Phi) is 5.79. The van der Waals surface area contributed by atoms with Gasteiger partial charge in [-0.15, -0.1) is 0 Å². The maximum Gasteiger partial charge on any atom is 0.324 e. The van der Waals surface area contributed by atoms with Crippen LogP contribution in [-0.2, 0) is 6.54 Å². The van der Waals surface area contributed by atoms with Gasteiger partial charge in [-0.25, -0.2) is 9.48 Å². The summed E-state index contributed by atoms with van der Waals surface area (Å²) >= 11 is 6.07. The van der Waals surface area contributed by atoms with Gasteiger partial charge in [0.1, 0.15) is 11.4 Å². The summed E-state index contributed by atoms with van der Waals surface area (Å²) in [4.78, 5) is 39.2. The fourth-order valence-corrected chi connectivity index (χ4v) is 3.28. The van der Waals surface area contributed by atoms with Gasteiger partial charge in [-0.3, -0.25) is 14.5 Å². The highest BCUT2D eigenvalue weighted by molar-refractivity contribution is 6.31. The van der Waals surface area contributed by atoms with Crippen molar-refractivity contribution < 1.29 is 9.59 Å². The van der Waals surface area contributed by atoms with Crippen LogP contribution in [-0.4, -0.2) is 21.6 Å². The second kappa shape index (κ2) is 8.28. The number of halogens is 1. The molecule has 2 N–H and O–H groups in total. The van der Waals surface area contributed by atoms with Crippen molar-refractivity contribution in [2.75, 3.05) is 4.90 Å². The molecule has 7 nitrogen and oxygen atoms in total. The van der Waals surface area contributed by atoms with Gasteiger partial charge >= 0.3 is 6.03 Å². The van der Waals surface area contributed by atoms with Crippen molar-refractivity contribution in [3.8, 4) is 11.3 Å². The number of nitrogens with two attached hydrogens (primary N) is 1. The van der Waals surface area contributed by atoms with E-state index in [1.54, 1.807) is 49.4 Å². The summed E-state index contributed by atoms with van der Waals surface area (Å²) in [5.41, 5.74) is 6.11. The Morgan fingerprint density at radius 3 is 2.38 bits per heavy atom. The SMILES string of the molecule is CCn1nc(-c2ccccc2)c(C(C)=O)c(N(C(N)=O)c2cccc(Cl)c2)c1=O. The van der Waals surface area contributed by atoms with E-state index in [-0.39, 0.29) is 23.5 Å². The maximum atomic E-state index is 13.2. The number of urea groups is 1. The smallest absolute Gasteiger partial charge is 0.324 e. The highest BCUT2D eigenvalue weighted by Gasteiger charge is 2.29. The maximum absolute atomic E-state index is 13.2. The molecule has 3 aromatic rings. The number of carbonyl (C=O) groups excluding carboxylic acids is 2. The molecule has 2 aromatic carbocycles. The highest BCUT2D eigenvalue weighted by atomic mass is 35.5. The van der Waals surface area contributed by atoms with Crippen LogP contribution in [0.25, 0.3) is 11.3 Å². The minimum absolute atomic E-state index is 0.0182. The third-order valence-corrected chi connectivity index (χ3v) is 4.58. The fraction of sp³-hybridized carbons (Fsp3) is 0.143. The summed E-state index contributed by atoms with van der Waals surface area (Å²) in [5, 5.41) is 4.73. The number of benzene rings is 2. The van der Waals surface area contributed by atoms with Crippen LogP contribution in [0.15, 0.2) is 59.4 Å². The summed E-state index contributed by atoms with van der Waals surface area (Å²) in [6.45, 7) is 3.31. The molecule has 8 heteroatoms. The summed E-state index contributed by atoms with van der Waals surface area (Å²) in [6, 6.07) is 14.4. The van der Waals surface area contributed by atoms with Crippen LogP contribution in [0.5, 0.6) is 0 Å². The lowest BCUT2D eigenvalue weighted by atomic mass is 10.0. The molecule has 0 bridgehead atoms. The van der Waals surface area contributed by atoms with Gasteiger partial charge < -0.3 is 5.73 Å². The minimum atomic E-state index is -0.917. The molecule has 2 amide bonds. The molecule has 1 heterocycles. The third kappa shape index (κ3) is 3.90. The van der Waals surface area contributed by atoms with Crippen LogP contribution in [0.4, 0.5) is 16.2 Å². The van der Waals surface area contributed by atoms with Gasteiger partial charge in [0.15, 0.2) is 5.78 Å². The quantitative estimate of drug-likeness (QED) is 0.642. The molecule has 148 valence electrons. The average Bonchev–Trinajstić information content (AvgIpc) is 2.69. The number of hydrogen-bond donors (Lipinski definition) is 1. The van der Waals surface area contributed by atoms with Crippen LogP contribution in [0.2, 0.25) is 5.02 Å². The van der Waals surface area contributed by atoms with E-state index < -0.39 is 17.4 Å². The Morgan fingerprint density at radius 1 is 1.14 bits per heavy atom. The molecule has 3 rings (SSSR count). The molecule has 29 heavy (non-hydrogen) atoms. The van der Waals surface area contributed by atoms with Gasteiger partial charge in [-0.2, -0.15) is 5.10 Å². The Labute approximate surface area is 172 Å². The normalized spacial score (nSPS) is 10.6. The number of anilines is 2. The first-order chi connectivity index (χ1) is 13.8. The van der Waals surface area contributed by atoms with Crippen molar-refractivity contribution in [1.82, 2.24) is 9.78 Å². The lowest BCUT2D eigenvalue weighted by Crippen LogP contribution is -2.39. The summed E-state index contributed by atoms with van der Waals surface area (Å²) in [5.74, 6) is -0.417. The van der Waals surface area contributed by atoms with Crippen LogP contribution in [0.1, 0.15) is 24.2 Å². The lowest BCUT2D eigenvalue weighted by molar-refractivity contribution is 0.101. The highest BCUT2D eigenvalue weighted by Crippen LogP contribution is 2.32. The molecule has 0 saturated heterocycles. The summed E-state index contributed by atoms with van der Waals surface area (Å²) in [7, 11) is 0. The van der Waals surface area contributed by atoms with E-state index in [0.29, 0.717) is 16.3 Å². The van der Waals surface area contributed by atoms with E-state index in [1.165, 1.54) is 17.7 Å². The first kappa shape index (κ1) is 20.3. The molecule has 0 fully saturated rings. The number of ketones is 1. The van der Waals surface area contributed by atoms with Gasteiger partial charge in [0, 0.05) is 17.1 Å². The third-order valence-electron chi connectivity index (χ3n) is 4.34. The van der Waals surface area contributed by atoms with Gasteiger partial charge in [-0.05, 0) is 32.0 Å². The number of Topliss-reactive ketones (excluding diaryl/α,β-unsaturated/α-hetero) is 1. The number of aryl methyl sites for hydroxylation is 1. The fourth-order valence-electron chi connectivity index (χ4n) is 3.09. The zero-order valence-electron chi connectivity index (χ0n) is 15.9. The van der Waals surface area contributed by atoms with Crippen molar-refractivity contribution in [2.45, 2.75) is 20.4 Å². The predicted molar refractivity (Wildman–Crippen MR) is 113 cm³/mol. The van der Waals surface area contributed by atoms with Gasteiger partial charge in [-0.1, -0.05) is 48.0 Å². The summed E-state index contributed by atoms with van der Waals surface area (Å²) < 4.78 is 1.20. The minimum Gasteiger partial charge on any atom is -0.351 e. The number of carbonyl (C=O) groups is 2. The molecule has 0 unspecified atom stereocenters. The molecular formula is C21H19ClN4O3. The standard InChI is InChI=1S/C21H19ClN4O3/c1-3-25-20(28)19(26(21(23)29)16-11-7-10-15(22)12-16)17(13(2)27)18(24-25)14-8-5-4-6-9-14/h4-12H,3H2,1-2H3,(H2,23,29). The predicted octanol–water partition coefficient (Wildman–Crippen LogP) is 4.00. The van der Waals surface area contributed by atoms with Crippen LogP contribution < -0.4 is 16.2 Å². The number of aromatic nitrogens is 2. The molecule has 1 aromatic heterocycles. The lowest BCUT2D eigenvalue weighted by Gasteiger charge is -2.24. The number of primary amides is 1. The average molecular weight is 411 g/mol. The zero-order chi connectivity index (χ0) is 21.1. The van der Waals surface area contributed by atoms with Crippen LogP contribution in [0.3, 0.4) is 0 Å². The van der Waals surface area contributed by atoms with Crippen molar-refractivity contribution in [3.63, 3.8) is 0 Å². The Bertz CT molecular complexity index is 1140. The van der Waals surface area contributed by atoms with E-state index in [9.17, 15) is 14.4 Å². The van der Waals surface area contributed by atoms with Crippen LogP contribution >= 0.6 is 11.6 Å². The van der Waals surface area contributed by atoms with Crippen LogP contribution in [0, 0.1) is 0 Å². The largest absolute Gasteiger partial charge is 0.351 e. The molecule has 0 aliphatic carbocycles. The molecule has 0 saturated carbocycles. The molecule has 0 spiro atoms. The molecule has 0 radical (unpaired) electrons. The monoisotopic (exact) mass is 410 g/mol. The van der Waals surface area contributed by atoms with Crippen molar-refractivity contribution in [2.24, 2.45) is 5.73 Å². The van der Waals surface area contributed by atoms with E-state index in [1.807, 2.05) is 6.07 Å². The van der Waals surface area contributed by atoms with E-state index in [2.05, 4.69) is 5.10 Å². The van der Waals surface area contributed by atoms with E-state index >= 15 is 0 Å². The second-order valence-corrected chi connectivity index (χ2v) is 6.71. The van der Waals surface area contributed by atoms with Crippen molar-refractivity contribution in [1.29, 1.82) is 0 Å². The second-order valence-electron chi connectivity index (χ2n) is 6.27. The molecule has 0 aliphatic rings. The van der Waals surface area contributed by atoms with Crippen molar-refractivity contribution >= 4 is 34.8 Å². The van der Waals surface area contributed by atoms with E-state index in [4.69, 9.17) is 17.3 Å². The number of nitrogens with zero attached hydrogens (tertiary/aromatic N) is 3. The first-order valence-corrected chi connectivity index (χ1v) is 9.29. The summed E-state index contributed by atoms with van der Waals surface area (Å²) in [6.07, 6.45) is 0. The van der Waals surface area contributed by atoms with Gasteiger partial charge in [0.05, 0.1) is 11.3 Å². The number of hydrogen-bond acceptors (Lipinski definition) is 4. The van der Waals surface area contributed by atoms with Gasteiger partial charge in [0.25, 0.3) is 5.56 Å². The first-order valence-electron chi connectivity index (χ1n) is 8.91.